The summed E-state index contributed by atoms with van der Waals surface area (Å²) < 4.78 is 20.4. The van der Waals surface area contributed by atoms with Gasteiger partial charge in [0.05, 0.1) is 22.5 Å². The molecule has 0 bridgehead atoms. The van der Waals surface area contributed by atoms with E-state index in [2.05, 4.69) is 27.4 Å². The highest BCUT2D eigenvalue weighted by molar-refractivity contribution is 7.22. The van der Waals surface area contributed by atoms with Crippen LogP contribution >= 0.6 is 11.3 Å². The second-order valence-electron chi connectivity index (χ2n) is 5.99. The fraction of sp³-hybridized carbons (Fsp3) is 0.143. The number of ether oxygens (including phenoxy) is 1. The first-order chi connectivity index (χ1) is 13.3. The first-order valence-corrected chi connectivity index (χ1v) is 9.42. The lowest BCUT2D eigenvalue weighted by atomic mass is 10.1. The van der Waals surface area contributed by atoms with Crippen molar-refractivity contribution in [1.29, 1.82) is 0 Å². The van der Waals surface area contributed by atoms with Gasteiger partial charge in [-0.2, -0.15) is 0 Å². The minimum Gasteiger partial charge on any atom is -0.383 e. The van der Waals surface area contributed by atoms with E-state index < -0.39 is 0 Å². The molecule has 2 aromatic heterocycles. The monoisotopic (exact) mass is 379 g/mol. The number of rotatable bonds is 6. The van der Waals surface area contributed by atoms with Gasteiger partial charge in [-0.25, -0.2) is 14.4 Å². The highest BCUT2D eigenvalue weighted by Gasteiger charge is 2.16. The molecule has 4 aromatic rings. The fourth-order valence-corrected chi connectivity index (χ4v) is 3.96. The van der Waals surface area contributed by atoms with E-state index in [-0.39, 0.29) is 5.82 Å². The Kier molecular flexibility index (Phi) is 5.09. The summed E-state index contributed by atoms with van der Waals surface area (Å²) in [5, 5.41) is 3.15. The molecule has 136 valence electrons. The summed E-state index contributed by atoms with van der Waals surface area (Å²) in [7, 11) is 1.64. The first kappa shape index (κ1) is 17.6. The Bertz CT molecular complexity index is 1070. The Balaban J connectivity index is 1.87. The highest BCUT2D eigenvalue weighted by Crippen LogP contribution is 2.38. The van der Waals surface area contributed by atoms with E-state index in [1.54, 1.807) is 30.6 Å². The van der Waals surface area contributed by atoms with Gasteiger partial charge in [0, 0.05) is 24.1 Å². The fourth-order valence-electron chi connectivity index (χ4n) is 2.85. The standard InChI is InChI=1S/C21H18FN3OS/c1-26-12-11-23-21-24-17-13-18(14-7-3-2-4-8-14)27-20(17)19(25-21)15-9-5-6-10-16(15)22/h2-10,13H,11-12H2,1H3,(H,23,24,25). The zero-order valence-electron chi connectivity index (χ0n) is 14.8. The van der Waals surface area contributed by atoms with E-state index in [1.807, 2.05) is 30.3 Å². The van der Waals surface area contributed by atoms with Gasteiger partial charge >= 0.3 is 0 Å². The van der Waals surface area contributed by atoms with Crippen LogP contribution < -0.4 is 5.32 Å². The van der Waals surface area contributed by atoms with E-state index in [0.717, 1.165) is 20.7 Å². The van der Waals surface area contributed by atoms with E-state index in [1.165, 1.54) is 6.07 Å². The molecule has 0 unspecified atom stereocenters. The quantitative estimate of drug-likeness (QED) is 0.467. The van der Waals surface area contributed by atoms with Crippen molar-refractivity contribution >= 4 is 27.5 Å². The number of hydrogen-bond acceptors (Lipinski definition) is 5. The van der Waals surface area contributed by atoms with Crippen LogP contribution in [-0.2, 0) is 4.74 Å². The number of halogens is 1. The van der Waals surface area contributed by atoms with Crippen molar-refractivity contribution in [2.45, 2.75) is 0 Å². The molecule has 4 nitrogen and oxygen atoms in total. The van der Waals surface area contributed by atoms with Crippen LogP contribution in [0.25, 0.3) is 31.9 Å². The van der Waals surface area contributed by atoms with Crippen molar-refractivity contribution in [2.75, 3.05) is 25.6 Å². The van der Waals surface area contributed by atoms with Gasteiger partial charge in [-0.05, 0) is 23.8 Å². The summed E-state index contributed by atoms with van der Waals surface area (Å²) in [6.45, 7) is 1.11. The minimum atomic E-state index is -0.296. The largest absolute Gasteiger partial charge is 0.383 e. The van der Waals surface area contributed by atoms with Crippen LogP contribution in [-0.4, -0.2) is 30.2 Å². The Morgan fingerprint density at radius 1 is 1.04 bits per heavy atom. The summed E-state index contributed by atoms with van der Waals surface area (Å²) in [6, 6.07) is 18.8. The topological polar surface area (TPSA) is 47.0 Å². The van der Waals surface area contributed by atoms with Crippen molar-refractivity contribution in [2.24, 2.45) is 0 Å². The summed E-state index contributed by atoms with van der Waals surface area (Å²) in [4.78, 5) is 10.3. The van der Waals surface area contributed by atoms with Gasteiger partial charge in [-0.1, -0.05) is 42.5 Å². The van der Waals surface area contributed by atoms with Crippen LogP contribution in [0.15, 0.2) is 60.7 Å². The number of anilines is 1. The first-order valence-electron chi connectivity index (χ1n) is 8.61. The second kappa shape index (κ2) is 7.82. The average Bonchev–Trinajstić information content (AvgIpc) is 3.13. The summed E-state index contributed by atoms with van der Waals surface area (Å²) in [5.41, 5.74) is 2.98. The van der Waals surface area contributed by atoms with Gasteiger partial charge < -0.3 is 10.1 Å². The van der Waals surface area contributed by atoms with Gasteiger partial charge in [-0.3, -0.25) is 0 Å². The van der Waals surface area contributed by atoms with Crippen molar-refractivity contribution in [1.82, 2.24) is 9.97 Å². The maximum atomic E-state index is 14.5. The van der Waals surface area contributed by atoms with Crippen LogP contribution in [0.3, 0.4) is 0 Å². The Morgan fingerprint density at radius 2 is 1.81 bits per heavy atom. The lowest BCUT2D eigenvalue weighted by Gasteiger charge is -2.08. The maximum absolute atomic E-state index is 14.5. The molecule has 0 aliphatic heterocycles. The van der Waals surface area contributed by atoms with Gasteiger partial charge in [0.25, 0.3) is 0 Å². The number of methoxy groups -OCH3 is 1. The van der Waals surface area contributed by atoms with Crippen molar-refractivity contribution in [3.05, 3.63) is 66.5 Å². The molecule has 1 N–H and O–H groups in total. The van der Waals surface area contributed by atoms with Crippen molar-refractivity contribution in [3.8, 4) is 21.7 Å². The molecule has 4 rings (SSSR count). The van der Waals surface area contributed by atoms with Crippen LogP contribution in [0.1, 0.15) is 0 Å². The Morgan fingerprint density at radius 3 is 2.59 bits per heavy atom. The normalized spacial score (nSPS) is 11.0. The predicted octanol–water partition coefficient (Wildman–Crippen LogP) is 5.22. The predicted molar refractivity (Wildman–Crippen MR) is 109 cm³/mol. The highest BCUT2D eigenvalue weighted by atomic mass is 32.1. The molecule has 0 spiro atoms. The molecule has 6 heteroatoms. The third kappa shape index (κ3) is 3.67. The number of benzene rings is 2. The SMILES string of the molecule is COCCNc1nc(-c2ccccc2F)c2sc(-c3ccccc3)cc2n1. The van der Waals surface area contributed by atoms with Crippen LogP contribution in [0, 0.1) is 5.82 Å². The molecule has 27 heavy (non-hydrogen) atoms. The Labute approximate surface area is 160 Å². The van der Waals surface area contributed by atoms with Crippen LogP contribution in [0.2, 0.25) is 0 Å². The zero-order chi connectivity index (χ0) is 18.6. The van der Waals surface area contributed by atoms with Gasteiger partial charge in [0.1, 0.15) is 5.82 Å². The smallest absolute Gasteiger partial charge is 0.223 e. The van der Waals surface area contributed by atoms with Crippen molar-refractivity contribution in [3.63, 3.8) is 0 Å². The molecule has 0 fully saturated rings. The maximum Gasteiger partial charge on any atom is 0.223 e. The third-order valence-electron chi connectivity index (χ3n) is 4.15. The molecule has 0 atom stereocenters. The molecular weight excluding hydrogens is 361 g/mol. The molecule has 0 saturated heterocycles. The van der Waals surface area contributed by atoms with Crippen molar-refractivity contribution < 1.29 is 9.13 Å². The molecule has 0 aliphatic carbocycles. The van der Waals surface area contributed by atoms with Crippen LogP contribution in [0.5, 0.6) is 0 Å². The molecular formula is C21H18FN3OS. The summed E-state index contributed by atoms with van der Waals surface area (Å²) >= 11 is 1.57. The second-order valence-corrected chi connectivity index (χ2v) is 7.04. The van der Waals surface area contributed by atoms with Gasteiger partial charge in [0.15, 0.2) is 0 Å². The van der Waals surface area contributed by atoms with E-state index in [4.69, 9.17) is 4.74 Å². The number of nitrogens with zero attached hydrogens (tertiary/aromatic N) is 2. The number of hydrogen-bond donors (Lipinski definition) is 1. The lowest BCUT2D eigenvalue weighted by molar-refractivity contribution is 0.210. The number of fused-ring (bicyclic) bond motifs is 1. The number of thiophene rings is 1. The number of aromatic nitrogens is 2. The van der Waals surface area contributed by atoms with E-state index in [0.29, 0.717) is 30.4 Å². The average molecular weight is 379 g/mol. The molecule has 2 aromatic carbocycles. The van der Waals surface area contributed by atoms with Crippen LogP contribution in [0.4, 0.5) is 10.3 Å². The van der Waals surface area contributed by atoms with Gasteiger partial charge in [-0.15, -0.1) is 11.3 Å². The van der Waals surface area contributed by atoms with E-state index >= 15 is 0 Å². The third-order valence-corrected chi connectivity index (χ3v) is 5.33. The number of nitrogens with one attached hydrogen (secondary N) is 1. The zero-order valence-corrected chi connectivity index (χ0v) is 15.6. The summed E-state index contributed by atoms with van der Waals surface area (Å²) in [6.07, 6.45) is 0. The van der Waals surface area contributed by atoms with E-state index in [9.17, 15) is 4.39 Å². The molecule has 2 heterocycles. The summed E-state index contributed by atoms with van der Waals surface area (Å²) in [5.74, 6) is 0.171. The molecule has 0 saturated carbocycles. The Hall–Kier alpha value is -2.83. The molecule has 0 amide bonds. The molecule has 0 radical (unpaired) electrons. The molecule has 0 aliphatic rings. The lowest BCUT2D eigenvalue weighted by Crippen LogP contribution is -2.10. The minimum absolute atomic E-state index is 0.296. The van der Waals surface area contributed by atoms with Gasteiger partial charge in [0.2, 0.25) is 5.95 Å².